The molecule has 1 aromatic rings. The minimum absolute atomic E-state index is 0.0151. The third-order valence-corrected chi connectivity index (χ3v) is 4.28. The molecule has 0 aromatic carbocycles. The van der Waals surface area contributed by atoms with E-state index in [2.05, 4.69) is 19.8 Å². The molecule has 2 fully saturated rings. The van der Waals surface area contributed by atoms with Crippen molar-refractivity contribution < 1.29 is 9.53 Å². The van der Waals surface area contributed by atoms with Crippen molar-refractivity contribution in [3.8, 4) is 0 Å². The van der Waals surface area contributed by atoms with Gasteiger partial charge in [0.1, 0.15) is 18.0 Å². The summed E-state index contributed by atoms with van der Waals surface area (Å²) in [5.41, 5.74) is 5.67. The van der Waals surface area contributed by atoms with Crippen molar-refractivity contribution in [1.29, 1.82) is 0 Å². The first-order chi connectivity index (χ1) is 11.1. The van der Waals surface area contributed by atoms with E-state index >= 15 is 0 Å². The molecule has 23 heavy (non-hydrogen) atoms. The number of piperazine rings is 1. The number of ether oxygens (including phenoxy) is 1. The zero-order valence-electron chi connectivity index (χ0n) is 13.5. The predicted molar refractivity (Wildman–Crippen MR) is 87.5 cm³/mol. The molecule has 0 aliphatic carbocycles. The van der Waals surface area contributed by atoms with Gasteiger partial charge in [0.2, 0.25) is 5.91 Å². The molecule has 3 rings (SSSR count). The maximum atomic E-state index is 11.9. The van der Waals surface area contributed by atoms with Gasteiger partial charge in [0.05, 0.1) is 19.3 Å². The number of amides is 1. The quantitative estimate of drug-likeness (QED) is 0.788. The van der Waals surface area contributed by atoms with Crippen LogP contribution >= 0.6 is 0 Å². The SMILES string of the molecule is C[C@@H](N)C(=O)N1CCN(c2cc(N3CCOCC3)ncn2)CC1. The molecule has 0 saturated carbocycles. The molecule has 2 aliphatic rings. The fourth-order valence-electron chi connectivity index (χ4n) is 2.92. The van der Waals surface area contributed by atoms with Gasteiger partial charge in [-0.25, -0.2) is 9.97 Å². The Morgan fingerprint density at radius 2 is 1.65 bits per heavy atom. The summed E-state index contributed by atoms with van der Waals surface area (Å²) >= 11 is 0. The first-order valence-electron chi connectivity index (χ1n) is 8.09. The maximum absolute atomic E-state index is 11.9. The van der Waals surface area contributed by atoms with Gasteiger partial charge in [0.15, 0.2) is 0 Å². The number of hydrogen-bond donors (Lipinski definition) is 1. The van der Waals surface area contributed by atoms with E-state index in [4.69, 9.17) is 10.5 Å². The Balaban J connectivity index is 1.63. The van der Waals surface area contributed by atoms with Gasteiger partial charge < -0.3 is 25.2 Å². The van der Waals surface area contributed by atoms with E-state index in [-0.39, 0.29) is 5.91 Å². The zero-order valence-corrected chi connectivity index (χ0v) is 13.5. The predicted octanol–water partition coefficient (Wildman–Crippen LogP) is -0.691. The number of anilines is 2. The summed E-state index contributed by atoms with van der Waals surface area (Å²) in [7, 11) is 0. The van der Waals surface area contributed by atoms with E-state index in [1.54, 1.807) is 13.3 Å². The van der Waals surface area contributed by atoms with Crippen LogP contribution in [0.15, 0.2) is 12.4 Å². The Morgan fingerprint density at radius 1 is 1.09 bits per heavy atom. The van der Waals surface area contributed by atoms with Crippen LogP contribution in [0.5, 0.6) is 0 Å². The number of aromatic nitrogens is 2. The highest BCUT2D eigenvalue weighted by molar-refractivity contribution is 5.81. The molecular formula is C15H24N6O2. The molecule has 1 atom stereocenters. The van der Waals surface area contributed by atoms with Crippen molar-refractivity contribution in [2.24, 2.45) is 5.73 Å². The molecule has 0 spiro atoms. The van der Waals surface area contributed by atoms with Crippen molar-refractivity contribution >= 4 is 17.5 Å². The smallest absolute Gasteiger partial charge is 0.239 e. The highest BCUT2D eigenvalue weighted by Crippen LogP contribution is 2.19. The lowest BCUT2D eigenvalue weighted by Crippen LogP contribution is -2.52. The Labute approximate surface area is 136 Å². The van der Waals surface area contributed by atoms with Crippen LogP contribution in [0.2, 0.25) is 0 Å². The summed E-state index contributed by atoms with van der Waals surface area (Å²) in [5.74, 6) is 1.86. The third kappa shape index (κ3) is 3.70. The van der Waals surface area contributed by atoms with E-state index < -0.39 is 6.04 Å². The second kappa shape index (κ2) is 7.10. The third-order valence-electron chi connectivity index (χ3n) is 4.28. The Hall–Kier alpha value is -1.93. The van der Waals surface area contributed by atoms with E-state index in [1.165, 1.54) is 0 Å². The van der Waals surface area contributed by atoms with Gasteiger partial charge in [0, 0.05) is 45.3 Å². The Bertz CT molecular complexity index is 539. The van der Waals surface area contributed by atoms with Crippen LogP contribution in [0.1, 0.15) is 6.92 Å². The number of carbonyl (C=O) groups is 1. The zero-order chi connectivity index (χ0) is 16.2. The summed E-state index contributed by atoms with van der Waals surface area (Å²) in [6.45, 7) is 7.79. The molecule has 2 N–H and O–H groups in total. The molecule has 2 saturated heterocycles. The lowest BCUT2D eigenvalue weighted by Gasteiger charge is -2.36. The lowest BCUT2D eigenvalue weighted by atomic mass is 10.2. The van der Waals surface area contributed by atoms with Gasteiger partial charge in [-0.3, -0.25) is 4.79 Å². The lowest BCUT2D eigenvalue weighted by molar-refractivity contribution is -0.132. The van der Waals surface area contributed by atoms with Crippen molar-refractivity contribution in [3.63, 3.8) is 0 Å². The molecule has 126 valence electrons. The summed E-state index contributed by atoms with van der Waals surface area (Å²) in [4.78, 5) is 26.9. The number of nitrogens with two attached hydrogens (primary N) is 1. The normalized spacial score (nSPS) is 20.5. The van der Waals surface area contributed by atoms with Gasteiger partial charge in [0.25, 0.3) is 0 Å². The number of nitrogens with zero attached hydrogens (tertiary/aromatic N) is 5. The van der Waals surface area contributed by atoms with Crippen LogP contribution in [0.3, 0.4) is 0 Å². The van der Waals surface area contributed by atoms with Crippen LogP contribution in [0.25, 0.3) is 0 Å². The second-order valence-electron chi connectivity index (χ2n) is 5.93. The number of morpholine rings is 1. The van der Waals surface area contributed by atoms with Crippen LogP contribution in [-0.4, -0.2) is 79.3 Å². The van der Waals surface area contributed by atoms with Crippen molar-refractivity contribution in [2.75, 3.05) is 62.3 Å². The fraction of sp³-hybridized carbons (Fsp3) is 0.667. The Morgan fingerprint density at radius 3 is 2.22 bits per heavy atom. The number of carbonyl (C=O) groups excluding carboxylic acids is 1. The molecule has 2 aliphatic heterocycles. The van der Waals surface area contributed by atoms with Gasteiger partial charge in [-0.15, -0.1) is 0 Å². The summed E-state index contributed by atoms with van der Waals surface area (Å²) in [5, 5.41) is 0. The van der Waals surface area contributed by atoms with Gasteiger partial charge >= 0.3 is 0 Å². The van der Waals surface area contributed by atoms with E-state index in [1.807, 2.05) is 11.0 Å². The molecule has 1 amide bonds. The molecule has 8 nitrogen and oxygen atoms in total. The first-order valence-corrected chi connectivity index (χ1v) is 8.09. The first kappa shape index (κ1) is 15.9. The van der Waals surface area contributed by atoms with Crippen LogP contribution in [0, 0.1) is 0 Å². The standard InChI is InChI=1S/C15H24N6O2/c1-12(16)15(22)21-4-2-19(3-5-21)13-10-14(18-11-17-13)20-6-8-23-9-7-20/h10-12H,2-9,16H2,1H3/t12-/m1/s1. The average molecular weight is 320 g/mol. The molecule has 0 radical (unpaired) electrons. The number of rotatable bonds is 3. The monoisotopic (exact) mass is 320 g/mol. The molecular weight excluding hydrogens is 296 g/mol. The van der Waals surface area contributed by atoms with E-state index in [0.717, 1.165) is 51.0 Å². The van der Waals surface area contributed by atoms with Crippen molar-refractivity contribution in [1.82, 2.24) is 14.9 Å². The fourth-order valence-corrected chi connectivity index (χ4v) is 2.92. The molecule has 0 unspecified atom stereocenters. The summed E-state index contributed by atoms with van der Waals surface area (Å²) in [6.07, 6.45) is 1.61. The maximum Gasteiger partial charge on any atom is 0.239 e. The van der Waals surface area contributed by atoms with Crippen molar-refractivity contribution in [3.05, 3.63) is 12.4 Å². The van der Waals surface area contributed by atoms with Crippen LogP contribution in [-0.2, 0) is 9.53 Å². The molecule has 8 heteroatoms. The Kier molecular flexibility index (Phi) is 4.92. The number of hydrogen-bond acceptors (Lipinski definition) is 7. The van der Waals surface area contributed by atoms with Crippen molar-refractivity contribution in [2.45, 2.75) is 13.0 Å². The summed E-state index contributed by atoms with van der Waals surface area (Å²) in [6, 6.07) is 1.59. The largest absolute Gasteiger partial charge is 0.378 e. The minimum Gasteiger partial charge on any atom is -0.378 e. The minimum atomic E-state index is -0.437. The molecule has 3 heterocycles. The van der Waals surface area contributed by atoms with E-state index in [9.17, 15) is 4.79 Å². The van der Waals surface area contributed by atoms with Crippen LogP contribution < -0.4 is 15.5 Å². The van der Waals surface area contributed by atoms with Gasteiger partial charge in [-0.2, -0.15) is 0 Å². The van der Waals surface area contributed by atoms with E-state index in [0.29, 0.717) is 13.1 Å². The van der Waals surface area contributed by atoms with Gasteiger partial charge in [-0.1, -0.05) is 0 Å². The highest BCUT2D eigenvalue weighted by Gasteiger charge is 2.24. The summed E-state index contributed by atoms with van der Waals surface area (Å²) < 4.78 is 5.38. The highest BCUT2D eigenvalue weighted by atomic mass is 16.5. The molecule has 1 aromatic heterocycles. The van der Waals surface area contributed by atoms with Gasteiger partial charge in [-0.05, 0) is 6.92 Å². The topological polar surface area (TPSA) is 87.8 Å². The second-order valence-corrected chi connectivity index (χ2v) is 5.93. The molecule has 0 bridgehead atoms. The van der Waals surface area contributed by atoms with Crippen LogP contribution in [0.4, 0.5) is 11.6 Å². The average Bonchev–Trinajstić information content (AvgIpc) is 2.62.